The Morgan fingerprint density at radius 1 is 1.43 bits per heavy atom. The summed E-state index contributed by atoms with van der Waals surface area (Å²) in [6.45, 7) is 3.81. The molecule has 2 N–H and O–H groups in total. The van der Waals surface area contributed by atoms with Gasteiger partial charge >= 0.3 is 0 Å². The topological polar surface area (TPSA) is 101 Å². The number of nitro benzene ring substituents is 1. The highest BCUT2D eigenvalue weighted by Crippen LogP contribution is 2.21. The molecule has 0 bridgehead atoms. The van der Waals surface area contributed by atoms with Crippen LogP contribution in [0.4, 0.5) is 11.5 Å². The second-order valence-electron chi connectivity index (χ2n) is 4.76. The molecular weight excluding hydrogens is 272 g/mol. The molecular formula is C14H16N4O3. The van der Waals surface area contributed by atoms with E-state index >= 15 is 0 Å². The van der Waals surface area contributed by atoms with Gasteiger partial charge in [-0.3, -0.25) is 20.0 Å². The van der Waals surface area contributed by atoms with Crippen LogP contribution in [0.5, 0.6) is 0 Å². The summed E-state index contributed by atoms with van der Waals surface area (Å²) in [6.07, 6.45) is 1.78. The van der Waals surface area contributed by atoms with Gasteiger partial charge in [0.05, 0.1) is 4.92 Å². The van der Waals surface area contributed by atoms with Gasteiger partial charge in [-0.2, -0.15) is 5.10 Å². The predicted octanol–water partition coefficient (Wildman–Crippen LogP) is 2.83. The van der Waals surface area contributed by atoms with E-state index in [1.165, 1.54) is 12.1 Å². The van der Waals surface area contributed by atoms with Gasteiger partial charge in [-0.25, -0.2) is 0 Å². The number of aryl methyl sites for hydroxylation is 2. The fraction of sp³-hybridized carbons (Fsp3) is 0.286. The number of nitro groups is 1. The van der Waals surface area contributed by atoms with E-state index in [4.69, 9.17) is 0 Å². The fourth-order valence-electron chi connectivity index (χ4n) is 2.00. The molecule has 0 unspecified atom stereocenters. The zero-order chi connectivity index (χ0) is 15.4. The lowest BCUT2D eigenvalue weighted by Crippen LogP contribution is -2.14. The molecule has 0 aliphatic rings. The van der Waals surface area contributed by atoms with E-state index < -0.39 is 10.8 Å². The first kappa shape index (κ1) is 14.7. The third kappa shape index (κ3) is 3.44. The minimum Gasteiger partial charge on any atom is -0.305 e. The minimum atomic E-state index is -0.568. The van der Waals surface area contributed by atoms with Crippen molar-refractivity contribution in [3.05, 3.63) is 51.2 Å². The van der Waals surface area contributed by atoms with Crippen LogP contribution in [0.25, 0.3) is 0 Å². The number of nitrogens with zero attached hydrogens (tertiary/aromatic N) is 2. The summed E-state index contributed by atoms with van der Waals surface area (Å²) in [5.74, 6) is -0.181. The van der Waals surface area contributed by atoms with Crippen LogP contribution in [0.3, 0.4) is 0 Å². The Kier molecular flexibility index (Phi) is 4.32. The molecule has 7 nitrogen and oxygen atoms in total. The molecule has 0 aliphatic heterocycles. The number of carbonyl (C=O) groups is 1. The second kappa shape index (κ2) is 6.17. The summed E-state index contributed by atoms with van der Waals surface area (Å²) in [6, 6.07) is 6.15. The van der Waals surface area contributed by atoms with E-state index in [2.05, 4.69) is 15.5 Å². The van der Waals surface area contributed by atoms with Gasteiger partial charge in [0.2, 0.25) is 0 Å². The summed E-state index contributed by atoms with van der Waals surface area (Å²) < 4.78 is 0. The van der Waals surface area contributed by atoms with Crippen molar-refractivity contribution in [1.29, 1.82) is 0 Å². The minimum absolute atomic E-state index is 0.0278. The Morgan fingerprint density at radius 3 is 2.86 bits per heavy atom. The van der Waals surface area contributed by atoms with Gasteiger partial charge in [0.25, 0.3) is 11.6 Å². The van der Waals surface area contributed by atoms with Crippen molar-refractivity contribution < 1.29 is 9.72 Å². The molecule has 1 amide bonds. The lowest BCUT2D eigenvalue weighted by molar-refractivity contribution is -0.385. The number of nitrogens with one attached hydrogen (secondary N) is 2. The molecule has 0 atom stereocenters. The van der Waals surface area contributed by atoms with E-state index in [-0.39, 0.29) is 11.3 Å². The van der Waals surface area contributed by atoms with Crippen LogP contribution in [0.2, 0.25) is 0 Å². The molecule has 1 heterocycles. The van der Waals surface area contributed by atoms with Crippen LogP contribution in [-0.4, -0.2) is 21.0 Å². The summed E-state index contributed by atoms with van der Waals surface area (Å²) in [5.41, 5.74) is 1.49. The summed E-state index contributed by atoms with van der Waals surface area (Å²) in [4.78, 5) is 22.6. The third-order valence-electron chi connectivity index (χ3n) is 2.99. The molecule has 7 heteroatoms. The number of amides is 1. The maximum absolute atomic E-state index is 12.2. The summed E-state index contributed by atoms with van der Waals surface area (Å²) >= 11 is 0. The van der Waals surface area contributed by atoms with Crippen LogP contribution < -0.4 is 5.32 Å². The van der Waals surface area contributed by atoms with Gasteiger partial charge in [-0.05, 0) is 25.0 Å². The van der Waals surface area contributed by atoms with Crippen LogP contribution in [0, 0.1) is 17.0 Å². The van der Waals surface area contributed by atoms with Crippen LogP contribution >= 0.6 is 0 Å². The normalized spacial score (nSPS) is 10.4. The van der Waals surface area contributed by atoms with Crippen molar-refractivity contribution in [2.75, 3.05) is 5.32 Å². The fourth-order valence-corrected chi connectivity index (χ4v) is 2.00. The highest BCUT2D eigenvalue weighted by atomic mass is 16.6. The monoisotopic (exact) mass is 288 g/mol. The molecule has 21 heavy (non-hydrogen) atoms. The number of carbonyl (C=O) groups excluding carboxylic acids is 1. The average molecular weight is 288 g/mol. The van der Waals surface area contributed by atoms with E-state index in [9.17, 15) is 14.9 Å². The Hall–Kier alpha value is -2.70. The SMILES string of the molecule is CCCc1cc(NC(=O)c2cc(C)ccc2[N+](=O)[O-])n[nH]1. The Morgan fingerprint density at radius 2 is 2.19 bits per heavy atom. The smallest absolute Gasteiger partial charge is 0.282 e. The standard InChI is InChI=1S/C14H16N4O3/c1-3-4-10-8-13(17-16-10)15-14(19)11-7-9(2)5-6-12(11)18(20)21/h5-8H,3-4H2,1-2H3,(H2,15,16,17,19). The van der Waals surface area contributed by atoms with E-state index in [0.717, 1.165) is 24.1 Å². The van der Waals surface area contributed by atoms with Crippen molar-refractivity contribution >= 4 is 17.4 Å². The van der Waals surface area contributed by atoms with Crippen molar-refractivity contribution in [3.63, 3.8) is 0 Å². The van der Waals surface area contributed by atoms with Crippen LogP contribution in [-0.2, 0) is 6.42 Å². The number of hydrogen-bond acceptors (Lipinski definition) is 4. The molecule has 0 saturated carbocycles. The summed E-state index contributed by atoms with van der Waals surface area (Å²) in [5, 5.41) is 20.3. The number of aromatic amines is 1. The molecule has 0 fully saturated rings. The molecule has 0 saturated heterocycles. The quantitative estimate of drug-likeness (QED) is 0.652. The second-order valence-corrected chi connectivity index (χ2v) is 4.76. The Labute approximate surface area is 121 Å². The van der Waals surface area contributed by atoms with E-state index in [0.29, 0.717) is 5.82 Å². The molecule has 0 spiro atoms. The molecule has 0 radical (unpaired) electrons. The number of H-pyrrole nitrogens is 1. The first-order chi connectivity index (χ1) is 10.0. The lowest BCUT2D eigenvalue weighted by atomic mass is 10.1. The largest absolute Gasteiger partial charge is 0.305 e. The first-order valence-corrected chi connectivity index (χ1v) is 6.62. The number of aromatic nitrogens is 2. The molecule has 2 aromatic rings. The van der Waals surface area contributed by atoms with Gasteiger partial charge in [0.1, 0.15) is 5.56 Å². The van der Waals surface area contributed by atoms with Crippen molar-refractivity contribution in [3.8, 4) is 0 Å². The zero-order valence-corrected chi connectivity index (χ0v) is 11.8. The van der Waals surface area contributed by atoms with Gasteiger partial charge in [0.15, 0.2) is 5.82 Å². The summed E-state index contributed by atoms with van der Waals surface area (Å²) in [7, 11) is 0. The number of rotatable bonds is 5. The Bertz CT molecular complexity index is 679. The molecule has 110 valence electrons. The van der Waals surface area contributed by atoms with Crippen molar-refractivity contribution in [2.24, 2.45) is 0 Å². The zero-order valence-electron chi connectivity index (χ0n) is 11.8. The highest BCUT2D eigenvalue weighted by Gasteiger charge is 2.20. The number of anilines is 1. The number of hydrogen-bond donors (Lipinski definition) is 2. The van der Waals surface area contributed by atoms with Crippen LogP contribution in [0.1, 0.15) is 35.0 Å². The third-order valence-corrected chi connectivity index (χ3v) is 2.99. The molecule has 2 rings (SSSR count). The molecule has 1 aromatic heterocycles. The van der Waals surface area contributed by atoms with Crippen molar-refractivity contribution in [1.82, 2.24) is 10.2 Å². The van der Waals surface area contributed by atoms with Crippen LogP contribution in [0.15, 0.2) is 24.3 Å². The predicted molar refractivity (Wildman–Crippen MR) is 78.4 cm³/mol. The van der Waals surface area contributed by atoms with Gasteiger partial charge in [-0.1, -0.05) is 19.4 Å². The number of benzene rings is 1. The molecule has 0 aliphatic carbocycles. The van der Waals surface area contributed by atoms with E-state index in [1.54, 1.807) is 19.1 Å². The first-order valence-electron chi connectivity index (χ1n) is 6.62. The van der Waals surface area contributed by atoms with Gasteiger partial charge in [0, 0.05) is 17.8 Å². The lowest BCUT2D eigenvalue weighted by Gasteiger charge is -2.04. The van der Waals surface area contributed by atoms with Gasteiger partial charge < -0.3 is 5.32 Å². The Balaban J connectivity index is 2.23. The van der Waals surface area contributed by atoms with E-state index in [1.807, 2.05) is 6.92 Å². The maximum atomic E-state index is 12.2. The van der Waals surface area contributed by atoms with Gasteiger partial charge in [-0.15, -0.1) is 0 Å². The van der Waals surface area contributed by atoms with Crippen molar-refractivity contribution in [2.45, 2.75) is 26.7 Å². The maximum Gasteiger partial charge on any atom is 0.282 e. The highest BCUT2D eigenvalue weighted by molar-refractivity contribution is 6.06. The average Bonchev–Trinajstić information content (AvgIpc) is 2.86. The molecule has 1 aromatic carbocycles.